The van der Waals surface area contributed by atoms with E-state index in [4.69, 9.17) is 18.9 Å². The Hall–Kier alpha value is -1.22. The second-order valence-electron chi connectivity index (χ2n) is 13.7. The Balaban J connectivity index is 1.49. The van der Waals surface area contributed by atoms with Gasteiger partial charge in [0.05, 0.1) is 25.9 Å². The van der Waals surface area contributed by atoms with Crippen molar-refractivity contribution in [2.24, 2.45) is 5.92 Å². The van der Waals surface area contributed by atoms with Gasteiger partial charge in [-0.1, -0.05) is 110 Å². The van der Waals surface area contributed by atoms with Crippen LogP contribution in [0.2, 0.25) is 0 Å². The summed E-state index contributed by atoms with van der Waals surface area (Å²) < 4.78 is 22.7. The standard InChI is InChI=1S/C38H72N2O6/c1-3-5-7-8-9-10-11-15-18-23-38(42)46-33-28-40-27-31-44-36(34-40)35(20-6-4-2)21-17-14-12-13-16-19-22-37(41)45-32-26-39-24-29-43-30-25-39/h35-36H,3-34H2,1-2H3. The minimum absolute atomic E-state index is 0.0343. The molecule has 0 spiro atoms. The zero-order chi connectivity index (χ0) is 32.9. The van der Waals surface area contributed by atoms with Crippen LogP contribution >= 0.6 is 0 Å². The molecule has 46 heavy (non-hydrogen) atoms. The summed E-state index contributed by atoms with van der Waals surface area (Å²) in [6, 6.07) is 0. The smallest absolute Gasteiger partial charge is 0.305 e. The van der Waals surface area contributed by atoms with E-state index < -0.39 is 0 Å². The molecule has 270 valence electrons. The fourth-order valence-electron chi connectivity index (χ4n) is 6.71. The molecule has 0 amide bonds. The summed E-state index contributed by atoms with van der Waals surface area (Å²) in [4.78, 5) is 29.0. The Morgan fingerprint density at radius 1 is 0.609 bits per heavy atom. The minimum Gasteiger partial charge on any atom is -0.464 e. The molecule has 2 rings (SSSR count). The zero-order valence-corrected chi connectivity index (χ0v) is 30.1. The monoisotopic (exact) mass is 653 g/mol. The van der Waals surface area contributed by atoms with Crippen molar-refractivity contribution in [3.63, 3.8) is 0 Å². The van der Waals surface area contributed by atoms with Gasteiger partial charge in [0, 0.05) is 52.1 Å². The Morgan fingerprint density at radius 3 is 1.67 bits per heavy atom. The molecule has 0 saturated carbocycles. The molecule has 2 aliphatic rings. The molecule has 0 bridgehead atoms. The molecule has 2 atom stereocenters. The maximum Gasteiger partial charge on any atom is 0.305 e. The van der Waals surface area contributed by atoms with Gasteiger partial charge in [-0.05, 0) is 31.6 Å². The first-order chi connectivity index (χ1) is 22.6. The molecule has 0 aromatic heterocycles. The van der Waals surface area contributed by atoms with E-state index in [0.717, 1.165) is 84.8 Å². The van der Waals surface area contributed by atoms with Gasteiger partial charge >= 0.3 is 11.9 Å². The van der Waals surface area contributed by atoms with E-state index in [-0.39, 0.29) is 18.0 Å². The van der Waals surface area contributed by atoms with Crippen molar-refractivity contribution in [2.75, 3.05) is 72.3 Å². The van der Waals surface area contributed by atoms with Crippen LogP contribution in [0.1, 0.15) is 149 Å². The fourth-order valence-corrected chi connectivity index (χ4v) is 6.71. The summed E-state index contributed by atoms with van der Waals surface area (Å²) in [6.45, 7) is 13.2. The Bertz CT molecular complexity index is 732. The van der Waals surface area contributed by atoms with E-state index >= 15 is 0 Å². The van der Waals surface area contributed by atoms with Crippen LogP contribution in [-0.2, 0) is 28.5 Å². The summed E-state index contributed by atoms with van der Waals surface area (Å²) in [5, 5.41) is 0. The molecular weight excluding hydrogens is 580 g/mol. The van der Waals surface area contributed by atoms with Crippen molar-refractivity contribution in [1.82, 2.24) is 9.80 Å². The second-order valence-corrected chi connectivity index (χ2v) is 13.7. The van der Waals surface area contributed by atoms with E-state index in [2.05, 4.69) is 23.6 Å². The summed E-state index contributed by atoms with van der Waals surface area (Å²) in [5.74, 6) is 0.512. The summed E-state index contributed by atoms with van der Waals surface area (Å²) in [7, 11) is 0. The molecular formula is C38H72N2O6. The molecule has 2 heterocycles. The van der Waals surface area contributed by atoms with Crippen molar-refractivity contribution < 1.29 is 28.5 Å². The zero-order valence-electron chi connectivity index (χ0n) is 30.1. The van der Waals surface area contributed by atoms with Gasteiger partial charge < -0.3 is 18.9 Å². The number of rotatable bonds is 29. The highest BCUT2D eigenvalue weighted by Gasteiger charge is 2.27. The van der Waals surface area contributed by atoms with Gasteiger partial charge in [0.2, 0.25) is 0 Å². The van der Waals surface area contributed by atoms with Gasteiger partial charge in [0.15, 0.2) is 0 Å². The molecule has 8 nitrogen and oxygen atoms in total. The summed E-state index contributed by atoms with van der Waals surface area (Å²) >= 11 is 0. The quantitative estimate of drug-likeness (QED) is 0.0595. The van der Waals surface area contributed by atoms with Crippen LogP contribution in [0.3, 0.4) is 0 Å². The number of ether oxygens (including phenoxy) is 4. The lowest BCUT2D eigenvalue weighted by Gasteiger charge is -2.37. The topological polar surface area (TPSA) is 77.5 Å². The van der Waals surface area contributed by atoms with Gasteiger partial charge in [0.25, 0.3) is 0 Å². The number of hydrogen-bond donors (Lipinski definition) is 0. The SMILES string of the molecule is CCCCCCCCCCCC(=O)OCCN1CCOC(C(CCCC)CCCCCCCCC(=O)OCCN2CCOCC2)C1. The van der Waals surface area contributed by atoms with Crippen LogP contribution < -0.4 is 0 Å². The normalized spacial score (nSPS) is 18.4. The highest BCUT2D eigenvalue weighted by Crippen LogP contribution is 2.26. The summed E-state index contributed by atoms with van der Waals surface area (Å²) in [5.41, 5.74) is 0. The molecule has 0 aliphatic carbocycles. The third-order valence-corrected chi connectivity index (χ3v) is 9.77. The third kappa shape index (κ3) is 21.6. The molecule has 0 N–H and O–H groups in total. The molecule has 0 aromatic carbocycles. The maximum atomic E-state index is 12.2. The number of unbranched alkanes of at least 4 members (excludes halogenated alkanes) is 14. The average Bonchev–Trinajstić information content (AvgIpc) is 3.07. The number of morpholine rings is 2. The first kappa shape index (κ1) is 41.0. The first-order valence-corrected chi connectivity index (χ1v) is 19.6. The molecule has 8 heteroatoms. The van der Waals surface area contributed by atoms with Crippen molar-refractivity contribution in [2.45, 2.75) is 155 Å². The lowest BCUT2D eigenvalue weighted by Crippen LogP contribution is -2.46. The van der Waals surface area contributed by atoms with Crippen molar-refractivity contribution in [3.05, 3.63) is 0 Å². The van der Waals surface area contributed by atoms with E-state index in [1.165, 1.54) is 96.3 Å². The molecule has 2 saturated heterocycles. The lowest BCUT2D eigenvalue weighted by molar-refractivity contribution is -0.145. The van der Waals surface area contributed by atoms with E-state index in [0.29, 0.717) is 32.0 Å². The molecule has 2 unspecified atom stereocenters. The van der Waals surface area contributed by atoms with Gasteiger partial charge in [-0.2, -0.15) is 0 Å². The predicted molar refractivity (Wildman–Crippen MR) is 187 cm³/mol. The summed E-state index contributed by atoms with van der Waals surface area (Å²) in [6.07, 6.45) is 24.6. The number of carbonyl (C=O) groups excluding carboxylic acids is 2. The van der Waals surface area contributed by atoms with Crippen LogP contribution in [0.25, 0.3) is 0 Å². The molecule has 2 aliphatic heterocycles. The van der Waals surface area contributed by atoms with Gasteiger partial charge in [-0.25, -0.2) is 0 Å². The minimum atomic E-state index is -0.0548. The highest BCUT2D eigenvalue weighted by molar-refractivity contribution is 5.69. The van der Waals surface area contributed by atoms with Gasteiger partial charge in [0.1, 0.15) is 13.2 Å². The predicted octanol–water partition coefficient (Wildman–Crippen LogP) is 7.95. The van der Waals surface area contributed by atoms with Crippen LogP contribution in [0.15, 0.2) is 0 Å². The molecule has 0 aromatic rings. The lowest BCUT2D eigenvalue weighted by atomic mass is 9.89. The van der Waals surface area contributed by atoms with Crippen LogP contribution in [-0.4, -0.2) is 100 Å². The Morgan fingerprint density at radius 2 is 1.09 bits per heavy atom. The third-order valence-electron chi connectivity index (χ3n) is 9.77. The largest absolute Gasteiger partial charge is 0.464 e. The number of carbonyl (C=O) groups is 2. The first-order valence-electron chi connectivity index (χ1n) is 19.6. The van der Waals surface area contributed by atoms with Gasteiger partial charge in [-0.15, -0.1) is 0 Å². The Labute approximate surface area is 283 Å². The van der Waals surface area contributed by atoms with E-state index in [9.17, 15) is 9.59 Å². The Kier molecular flexibility index (Phi) is 25.6. The number of hydrogen-bond acceptors (Lipinski definition) is 8. The number of esters is 2. The van der Waals surface area contributed by atoms with Crippen molar-refractivity contribution >= 4 is 11.9 Å². The molecule has 2 fully saturated rings. The second kappa shape index (κ2) is 28.8. The van der Waals surface area contributed by atoms with Crippen molar-refractivity contribution in [1.29, 1.82) is 0 Å². The maximum absolute atomic E-state index is 12.2. The average molecular weight is 653 g/mol. The van der Waals surface area contributed by atoms with Crippen molar-refractivity contribution in [3.8, 4) is 0 Å². The van der Waals surface area contributed by atoms with Gasteiger partial charge in [-0.3, -0.25) is 19.4 Å². The highest BCUT2D eigenvalue weighted by atomic mass is 16.5. The number of nitrogens with zero attached hydrogens (tertiary/aromatic N) is 2. The molecule has 0 radical (unpaired) electrons. The van der Waals surface area contributed by atoms with E-state index in [1.807, 2.05) is 0 Å². The van der Waals surface area contributed by atoms with E-state index in [1.54, 1.807) is 0 Å². The fraction of sp³-hybridized carbons (Fsp3) is 0.947. The van der Waals surface area contributed by atoms with Crippen LogP contribution in [0, 0.1) is 5.92 Å². The van der Waals surface area contributed by atoms with Crippen LogP contribution in [0.5, 0.6) is 0 Å². The van der Waals surface area contributed by atoms with Crippen LogP contribution in [0.4, 0.5) is 0 Å².